The smallest absolute Gasteiger partial charge is 0.349 e. The van der Waals surface area contributed by atoms with E-state index >= 15 is 0 Å². The van der Waals surface area contributed by atoms with Gasteiger partial charge in [0.25, 0.3) is 5.91 Å². The Morgan fingerprint density at radius 3 is 2.61 bits per heavy atom. The quantitative estimate of drug-likeness (QED) is 0.443. The third-order valence-electron chi connectivity index (χ3n) is 5.66. The summed E-state index contributed by atoms with van der Waals surface area (Å²) in [5.41, 5.74) is 0.550. The molecule has 0 spiro atoms. The standard InChI is InChI=1S/C22H26N2O4/c1-27-19-10-8-16(9-11-19)13-18(14-23)22(26)28-15-21(25)24-12-4-6-17-5-2-3-7-20(17)24/h8-11,13,17,20H,2-7,12,15H2,1H3/b18-13+/t17-,20+/m1/s1. The van der Waals surface area contributed by atoms with Crippen molar-refractivity contribution in [2.45, 2.75) is 44.6 Å². The van der Waals surface area contributed by atoms with Crippen molar-refractivity contribution in [1.29, 1.82) is 5.26 Å². The van der Waals surface area contributed by atoms with Gasteiger partial charge in [0.15, 0.2) is 6.61 Å². The minimum atomic E-state index is -0.774. The van der Waals surface area contributed by atoms with E-state index in [1.807, 2.05) is 11.0 Å². The number of fused-ring (bicyclic) bond motifs is 1. The average Bonchev–Trinajstić information content (AvgIpc) is 2.75. The van der Waals surface area contributed by atoms with E-state index in [1.165, 1.54) is 25.3 Å². The first kappa shape index (κ1) is 19.9. The number of hydrogen-bond donors (Lipinski definition) is 0. The molecule has 0 N–H and O–H groups in total. The largest absolute Gasteiger partial charge is 0.497 e. The molecular formula is C22H26N2O4. The number of hydrogen-bond acceptors (Lipinski definition) is 5. The van der Waals surface area contributed by atoms with Crippen LogP contribution in [0.15, 0.2) is 29.8 Å². The second kappa shape index (κ2) is 9.41. The SMILES string of the molecule is COc1ccc(/C=C(\C#N)C(=O)OCC(=O)N2CCC[C@H]3CCCC[C@@H]32)cc1. The highest BCUT2D eigenvalue weighted by molar-refractivity contribution is 5.98. The molecule has 28 heavy (non-hydrogen) atoms. The third-order valence-corrected chi connectivity index (χ3v) is 5.66. The predicted molar refractivity (Wildman–Crippen MR) is 104 cm³/mol. The number of esters is 1. The molecule has 0 bridgehead atoms. The summed E-state index contributed by atoms with van der Waals surface area (Å²) in [5.74, 6) is 0.328. The number of likely N-dealkylation sites (tertiary alicyclic amines) is 1. The Hall–Kier alpha value is -2.81. The van der Waals surface area contributed by atoms with Gasteiger partial charge in [-0.2, -0.15) is 5.26 Å². The Balaban J connectivity index is 1.59. The summed E-state index contributed by atoms with van der Waals surface area (Å²) in [5, 5.41) is 9.29. The van der Waals surface area contributed by atoms with E-state index in [1.54, 1.807) is 31.4 Å². The molecule has 2 aliphatic rings. The van der Waals surface area contributed by atoms with Crippen LogP contribution in [0.25, 0.3) is 6.08 Å². The summed E-state index contributed by atoms with van der Waals surface area (Å²) in [6, 6.07) is 9.10. The Morgan fingerprint density at radius 2 is 1.89 bits per heavy atom. The van der Waals surface area contributed by atoms with Gasteiger partial charge in [0, 0.05) is 12.6 Å². The maximum Gasteiger partial charge on any atom is 0.349 e. The van der Waals surface area contributed by atoms with Crippen LogP contribution in [-0.4, -0.2) is 43.1 Å². The van der Waals surface area contributed by atoms with Crippen molar-refractivity contribution in [2.24, 2.45) is 5.92 Å². The molecule has 6 nitrogen and oxygen atoms in total. The van der Waals surface area contributed by atoms with Crippen LogP contribution in [0, 0.1) is 17.2 Å². The van der Waals surface area contributed by atoms with Gasteiger partial charge < -0.3 is 14.4 Å². The zero-order valence-corrected chi connectivity index (χ0v) is 16.2. The first-order valence-electron chi connectivity index (χ1n) is 9.85. The van der Waals surface area contributed by atoms with Gasteiger partial charge in [0.1, 0.15) is 17.4 Å². The maximum atomic E-state index is 12.6. The van der Waals surface area contributed by atoms with Crippen molar-refractivity contribution in [3.05, 3.63) is 35.4 Å². The van der Waals surface area contributed by atoms with Crippen molar-refractivity contribution in [3.63, 3.8) is 0 Å². The van der Waals surface area contributed by atoms with Crippen molar-refractivity contribution in [2.75, 3.05) is 20.3 Å². The number of carbonyl (C=O) groups excluding carboxylic acids is 2. The highest BCUT2D eigenvalue weighted by atomic mass is 16.5. The van der Waals surface area contributed by atoms with Crippen LogP contribution in [-0.2, 0) is 14.3 Å². The Bertz CT molecular complexity index is 777. The summed E-state index contributed by atoms with van der Waals surface area (Å²) in [4.78, 5) is 26.8. The molecule has 1 heterocycles. The molecule has 1 amide bonds. The number of piperidine rings is 1. The average molecular weight is 382 g/mol. The molecule has 1 aromatic rings. The number of methoxy groups -OCH3 is 1. The number of nitriles is 1. The van der Waals surface area contributed by atoms with Crippen molar-refractivity contribution in [1.82, 2.24) is 4.90 Å². The number of rotatable bonds is 5. The molecule has 6 heteroatoms. The first-order valence-corrected chi connectivity index (χ1v) is 9.85. The van der Waals surface area contributed by atoms with Gasteiger partial charge in [-0.15, -0.1) is 0 Å². The molecule has 0 radical (unpaired) electrons. The van der Waals surface area contributed by atoms with E-state index in [0.717, 1.165) is 25.8 Å². The first-order chi connectivity index (χ1) is 13.6. The minimum Gasteiger partial charge on any atom is -0.497 e. The number of benzene rings is 1. The zero-order chi connectivity index (χ0) is 19.9. The van der Waals surface area contributed by atoms with Gasteiger partial charge in [0.05, 0.1) is 7.11 Å². The summed E-state index contributed by atoms with van der Waals surface area (Å²) in [6.45, 7) is 0.411. The van der Waals surface area contributed by atoms with Gasteiger partial charge >= 0.3 is 5.97 Å². The van der Waals surface area contributed by atoms with Crippen LogP contribution < -0.4 is 4.74 Å². The third kappa shape index (κ3) is 4.72. The normalized spacial score (nSPS) is 22.0. The van der Waals surface area contributed by atoms with Crippen molar-refractivity contribution in [3.8, 4) is 11.8 Å². The highest BCUT2D eigenvalue weighted by Gasteiger charge is 2.35. The molecule has 1 aliphatic heterocycles. The maximum absolute atomic E-state index is 12.6. The van der Waals surface area contributed by atoms with E-state index in [9.17, 15) is 14.9 Å². The lowest BCUT2D eigenvalue weighted by Gasteiger charge is -2.44. The lowest BCUT2D eigenvalue weighted by molar-refractivity contribution is -0.152. The number of ether oxygens (including phenoxy) is 2. The topological polar surface area (TPSA) is 79.6 Å². The molecule has 1 saturated carbocycles. The fraction of sp³-hybridized carbons (Fsp3) is 0.500. The van der Waals surface area contributed by atoms with Crippen LogP contribution >= 0.6 is 0 Å². The molecule has 3 rings (SSSR count). The lowest BCUT2D eigenvalue weighted by Crippen LogP contribution is -2.50. The number of carbonyl (C=O) groups is 2. The van der Waals surface area contributed by atoms with Crippen LogP contribution in [0.1, 0.15) is 44.1 Å². The molecule has 1 aliphatic carbocycles. The highest BCUT2D eigenvalue weighted by Crippen LogP contribution is 2.35. The minimum absolute atomic E-state index is 0.132. The Morgan fingerprint density at radius 1 is 1.18 bits per heavy atom. The van der Waals surface area contributed by atoms with Crippen LogP contribution in [0.4, 0.5) is 0 Å². The molecule has 2 atom stereocenters. The summed E-state index contributed by atoms with van der Waals surface area (Å²) < 4.78 is 10.2. The van der Waals surface area contributed by atoms with Crippen LogP contribution in [0.3, 0.4) is 0 Å². The summed E-state index contributed by atoms with van der Waals surface area (Å²) in [6.07, 6.45) is 8.22. The fourth-order valence-corrected chi connectivity index (χ4v) is 4.23. The van der Waals surface area contributed by atoms with Crippen molar-refractivity contribution < 1.29 is 19.1 Å². The van der Waals surface area contributed by atoms with E-state index in [4.69, 9.17) is 9.47 Å². The van der Waals surface area contributed by atoms with Gasteiger partial charge in [-0.3, -0.25) is 4.79 Å². The van der Waals surface area contributed by atoms with E-state index in [2.05, 4.69) is 0 Å². The fourth-order valence-electron chi connectivity index (χ4n) is 4.23. The van der Waals surface area contributed by atoms with E-state index < -0.39 is 5.97 Å². The van der Waals surface area contributed by atoms with Crippen LogP contribution in [0.5, 0.6) is 5.75 Å². The molecule has 148 valence electrons. The van der Waals surface area contributed by atoms with E-state index in [-0.39, 0.29) is 24.1 Å². The Kier molecular flexibility index (Phi) is 6.70. The molecular weight excluding hydrogens is 356 g/mol. The molecule has 1 aromatic carbocycles. The summed E-state index contributed by atoms with van der Waals surface area (Å²) in [7, 11) is 1.57. The zero-order valence-electron chi connectivity index (χ0n) is 16.2. The van der Waals surface area contributed by atoms with Crippen LogP contribution in [0.2, 0.25) is 0 Å². The van der Waals surface area contributed by atoms with Gasteiger partial charge in [-0.05, 0) is 55.4 Å². The monoisotopic (exact) mass is 382 g/mol. The van der Waals surface area contributed by atoms with Crippen molar-refractivity contribution >= 4 is 18.0 Å². The van der Waals surface area contributed by atoms with E-state index in [0.29, 0.717) is 17.2 Å². The lowest BCUT2D eigenvalue weighted by atomic mass is 9.78. The van der Waals surface area contributed by atoms with Gasteiger partial charge in [-0.1, -0.05) is 25.0 Å². The number of amides is 1. The number of nitrogens with zero attached hydrogens (tertiary/aromatic N) is 2. The molecule has 0 aromatic heterocycles. The second-order valence-corrected chi connectivity index (χ2v) is 7.36. The van der Waals surface area contributed by atoms with Gasteiger partial charge in [0.2, 0.25) is 0 Å². The molecule has 0 unspecified atom stereocenters. The molecule has 2 fully saturated rings. The molecule has 1 saturated heterocycles. The summed E-state index contributed by atoms with van der Waals surface area (Å²) >= 11 is 0. The predicted octanol–water partition coefficient (Wildman–Crippen LogP) is 3.33. The Labute approximate surface area is 165 Å². The van der Waals surface area contributed by atoms with Gasteiger partial charge in [-0.25, -0.2) is 4.79 Å². The second-order valence-electron chi connectivity index (χ2n) is 7.36.